The molecule has 0 aliphatic carbocycles. The normalized spacial score (nSPS) is 11.4. The number of likely N-dealkylation sites (N-methyl/N-ethyl adjacent to an activating group) is 1. The minimum atomic E-state index is -0.554. The highest BCUT2D eigenvalue weighted by Crippen LogP contribution is 2.18. The molecule has 2 aromatic rings. The zero-order valence-electron chi connectivity index (χ0n) is 16.0. The SMILES string of the molecule is CC[C@H](C(=O)NC)N(Cc1ccccc1)C(=O)COc1ccc(OC)cc1. The van der Waals surface area contributed by atoms with Gasteiger partial charge in [-0.05, 0) is 36.2 Å². The number of nitrogens with zero attached hydrogens (tertiary/aromatic N) is 1. The highest BCUT2D eigenvalue weighted by Gasteiger charge is 2.28. The van der Waals surface area contributed by atoms with E-state index in [0.29, 0.717) is 24.5 Å². The summed E-state index contributed by atoms with van der Waals surface area (Å²) in [7, 11) is 3.16. The molecule has 0 fully saturated rings. The first-order valence-electron chi connectivity index (χ1n) is 8.90. The van der Waals surface area contributed by atoms with Crippen LogP contribution in [0.25, 0.3) is 0 Å². The summed E-state index contributed by atoms with van der Waals surface area (Å²) >= 11 is 0. The molecule has 0 bridgehead atoms. The van der Waals surface area contributed by atoms with Crippen LogP contribution in [0.2, 0.25) is 0 Å². The third kappa shape index (κ3) is 5.74. The summed E-state index contributed by atoms with van der Waals surface area (Å²) in [6, 6.07) is 16.1. The Morgan fingerprint density at radius 2 is 1.67 bits per heavy atom. The molecule has 0 saturated carbocycles. The third-order valence-corrected chi connectivity index (χ3v) is 4.25. The van der Waals surface area contributed by atoms with Gasteiger partial charge in [-0.25, -0.2) is 0 Å². The lowest BCUT2D eigenvalue weighted by molar-refractivity contribution is -0.142. The molecule has 0 heterocycles. The molecule has 0 aliphatic heterocycles. The first kappa shape index (κ1) is 20.3. The fourth-order valence-corrected chi connectivity index (χ4v) is 2.77. The summed E-state index contributed by atoms with van der Waals surface area (Å²) in [5.41, 5.74) is 0.956. The Labute approximate surface area is 160 Å². The quantitative estimate of drug-likeness (QED) is 0.737. The molecule has 2 amide bonds. The summed E-state index contributed by atoms with van der Waals surface area (Å²) in [6.45, 7) is 2.08. The van der Waals surface area contributed by atoms with Crippen molar-refractivity contribution in [2.75, 3.05) is 20.8 Å². The zero-order valence-corrected chi connectivity index (χ0v) is 16.0. The van der Waals surface area contributed by atoms with Crippen molar-refractivity contribution in [2.24, 2.45) is 0 Å². The lowest BCUT2D eigenvalue weighted by Crippen LogP contribution is -2.49. The molecule has 0 aliphatic rings. The Balaban J connectivity index is 2.12. The third-order valence-electron chi connectivity index (χ3n) is 4.25. The maximum absolute atomic E-state index is 12.9. The van der Waals surface area contributed by atoms with E-state index >= 15 is 0 Å². The van der Waals surface area contributed by atoms with Crippen molar-refractivity contribution >= 4 is 11.8 Å². The van der Waals surface area contributed by atoms with E-state index in [4.69, 9.17) is 9.47 Å². The minimum Gasteiger partial charge on any atom is -0.497 e. The van der Waals surface area contributed by atoms with E-state index in [9.17, 15) is 9.59 Å². The lowest BCUT2D eigenvalue weighted by Gasteiger charge is -2.30. The van der Waals surface area contributed by atoms with Crippen molar-refractivity contribution in [3.63, 3.8) is 0 Å². The van der Waals surface area contributed by atoms with Crippen molar-refractivity contribution in [3.05, 3.63) is 60.2 Å². The number of rotatable bonds is 9. The van der Waals surface area contributed by atoms with Crippen LogP contribution in [-0.2, 0) is 16.1 Å². The van der Waals surface area contributed by atoms with E-state index in [2.05, 4.69) is 5.32 Å². The highest BCUT2D eigenvalue weighted by atomic mass is 16.5. The first-order chi connectivity index (χ1) is 13.1. The van der Waals surface area contributed by atoms with E-state index in [-0.39, 0.29) is 18.4 Å². The zero-order chi connectivity index (χ0) is 19.6. The first-order valence-corrected chi connectivity index (χ1v) is 8.90. The predicted octanol–water partition coefficient (Wildman–Crippen LogP) is 2.63. The van der Waals surface area contributed by atoms with Gasteiger partial charge in [0, 0.05) is 13.6 Å². The molecule has 1 N–H and O–H groups in total. The van der Waals surface area contributed by atoms with Gasteiger partial charge in [0.05, 0.1) is 7.11 Å². The maximum Gasteiger partial charge on any atom is 0.261 e. The Kier molecular flexibility index (Phi) is 7.67. The van der Waals surface area contributed by atoms with Crippen molar-refractivity contribution in [3.8, 4) is 11.5 Å². The van der Waals surface area contributed by atoms with E-state index in [1.807, 2.05) is 37.3 Å². The van der Waals surface area contributed by atoms with Crippen LogP contribution in [0.5, 0.6) is 11.5 Å². The second kappa shape index (κ2) is 10.2. The molecule has 0 aromatic heterocycles. The average molecular weight is 370 g/mol. The van der Waals surface area contributed by atoms with Crippen LogP contribution in [0.15, 0.2) is 54.6 Å². The van der Waals surface area contributed by atoms with Crippen molar-refractivity contribution < 1.29 is 19.1 Å². The number of nitrogens with one attached hydrogen (secondary N) is 1. The second-order valence-electron chi connectivity index (χ2n) is 6.01. The monoisotopic (exact) mass is 370 g/mol. The summed E-state index contributed by atoms with van der Waals surface area (Å²) in [6.07, 6.45) is 0.515. The topological polar surface area (TPSA) is 67.9 Å². The number of ether oxygens (including phenoxy) is 2. The van der Waals surface area contributed by atoms with Gasteiger partial charge in [0.25, 0.3) is 5.91 Å². The number of methoxy groups -OCH3 is 1. The van der Waals surface area contributed by atoms with Gasteiger partial charge in [0.15, 0.2) is 6.61 Å². The molecule has 27 heavy (non-hydrogen) atoms. The standard InChI is InChI=1S/C21H26N2O4/c1-4-19(21(25)22-2)23(14-16-8-6-5-7-9-16)20(24)15-27-18-12-10-17(26-3)11-13-18/h5-13,19H,4,14-15H2,1-3H3,(H,22,25)/t19-/m1/s1. The average Bonchev–Trinajstić information content (AvgIpc) is 2.72. The molecule has 2 rings (SSSR count). The van der Waals surface area contributed by atoms with Crippen LogP contribution in [0.4, 0.5) is 0 Å². The van der Waals surface area contributed by atoms with Crippen molar-refractivity contribution in [1.82, 2.24) is 10.2 Å². The molecule has 144 valence electrons. The number of carbonyl (C=O) groups excluding carboxylic acids is 2. The van der Waals surface area contributed by atoms with Gasteiger partial charge in [-0.2, -0.15) is 0 Å². The van der Waals surface area contributed by atoms with Crippen molar-refractivity contribution in [2.45, 2.75) is 25.9 Å². The Bertz CT molecular complexity index is 732. The summed E-state index contributed by atoms with van der Waals surface area (Å²) < 4.78 is 10.7. The fraction of sp³-hybridized carbons (Fsp3) is 0.333. The fourth-order valence-electron chi connectivity index (χ4n) is 2.77. The van der Waals surface area contributed by atoms with Crippen molar-refractivity contribution in [1.29, 1.82) is 0 Å². The van der Waals surface area contributed by atoms with Gasteiger partial charge in [-0.3, -0.25) is 9.59 Å². The van der Waals surface area contributed by atoms with Gasteiger partial charge >= 0.3 is 0 Å². The second-order valence-corrected chi connectivity index (χ2v) is 6.01. The van der Waals surface area contributed by atoms with Gasteiger partial charge in [0.2, 0.25) is 5.91 Å². The molecule has 0 saturated heterocycles. The molecule has 0 radical (unpaired) electrons. The number of hydrogen-bond donors (Lipinski definition) is 1. The number of carbonyl (C=O) groups is 2. The van der Waals surface area contributed by atoms with E-state index in [1.165, 1.54) is 0 Å². The lowest BCUT2D eigenvalue weighted by atomic mass is 10.1. The molecular weight excluding hydrogens is 344 g/mol. The van der Waals surface area contributed by atoms with Gasteiger partial charge in [-0.1, -0.05) is 37.3 Å². The Morgan fingerprint density at radius 1 is 1.04 bits per heavy atom. The van der Waals surface area contributed by atoms with Crippen LogP contribution in [0.3, 0.4) is 0 Å². The number of hydrogen-bond acceptors (Lipinski definition) is 4. The molecule has 0 unspecified atom stereocenters. The molecule has 2 aromatic carbocycles. The largest absolute Gasteiger partial charge is 0.497 e. The van der Waals surface area contributed by atoms with Crippen LogP contribution in [0.1, 0.15) is 18.9 Å². The Morgan fingerprint density at radius 3 is 2.22 bits per heavy atom. The minimum absolute atomic E-state index is 0.146. The molecule has 6 heteroatoms. The van der Waals surface area contributed by atoms with Crippen LogP contribution in [0, 0.1) is 0 Å². The molecule has 0 spiro atoms. The number of benzene rings is 2. The smallest absolute Gasteiger partial charge is 0.261 e. The van der Waals surface area contributed by atoms with Gasteiger partial charge in [0.1, 0.15) is 17.5 Å². The summed E-state index contributed by atoms with van der Waals surface area (Å²) in [5, 5.41) is 2.64. The molecule has 1 atom stereocenters. The molecule has 6 nitrogen and oxygen atoms in total. The predicted molar refractivity (Wildman–Crippen MR) is 104 cm³/mol. The summed E-state index contributed by atoms with van der Waals surface area (Å²) in [4.78, 5) is 26.7. The van der Waals surface area contributed by atoms with Crippen LogP contribution >= 0.6 is 0 Å². The van der Waals surface area contributed by atoms with Crippen LogP contribution in [-0.4, -0.2) is 43.5 Å². The number of amides is 2. The van der Waals surface area contributed by atoms with E-state index < -0.39 is 6.04 Å². The molecular formula is C21H26N2O4. The van der Waals surface area contributed by atoms with Gasteiger partial charge in [-0.15, -0.1) is 0 Å². The maximum atomic E-state index is 12.9. The Hall–Kier alpha value is -3.02. The van der Waals surface area contributed by atoms with Gasteiger partial charge < -0.3 is 19.7 Å². The highest BCUT2D eigenvalue weighted by molar-refractivity contribution is 5.88. The van der Waals surface area contributed by atoms with Crippen LogP contribution < -0.4 is 14.8 Å². The summed E-state index contributed by atoms with van der Waals surface area (Å²) in [5.74, 6) is 0.846. The van der Waals surface area contributed by atoms with E-state index in [0.717, 1.165) is 5.56 Å². The van der Waals surface area contributed by atoms with E-state index in [1.54, 1.807) is 43.3 Å².